The molecule has 1 aliphatic rings. The monoisotopic (exact) mass is 557 g/mol. The third-order valence-corrected chi connectivity index (χ3v) is 7.42. The van der Waals surface area contributed by atoms with Gasteiger partial charge < -0.3 is 19.6 Å². The maximum absolute atomic E-state index is 13.8. The van der Waals surface area contributed by atoms with Crippen molar-refractivity contribution >= 4 is 43.1 Å². The van der Waals surface area contributed by atoms with Gasteiger partial charge in [0.25, 0.3) is 0 Å². The van der Waals surface area contributed by atoms with Gasteiger partial charge >= 0.3 is 16.6 Å². The molecule has 0 radical (unpaired) electrons. The molecule has 0 atom stereocenters. The van der Waals surface area contributed by atoms with Crippen molar-refractivity contribution in [3.05, 3.63) is 64.6 Å². The number of H-pyrrole nitrogens is 1. The summed E-state index contributed by atoms with van der Waals surface area (Å²) in [4.78, 5) is 19.8. The number of alkyl halides is 3. The van der Waals surface area contributed by atoms with Crippen molar-refractivity contribution in [2.24, 2.45) is 0 Å². The van der Waals surface area contributed by atoms with Crippen molar-refractivity contribution in [1.82, 2.24) is 19.9 Å². The first kappa shape index (κ1) is 24.8. The Morgan fingerprint density at radius 3 is 2.51 bits per heavy atom. The Morgan fingerprint density at radius 1 is 1.10 bits per heavy atom. The number of hydrogen-bond donors (Lipinski definition) is 2. The van der Waals surface area contributed by atoms with Gasteiger partial charge in [-0.3, -0.25) is 9.78 Å². The Labute approximate surface area is 216 Å². The molecule has 5 aromatic rings. The summed E-state index contributed by atoms with van der Waals surface area (Å²) >= 11 is 0. The Kier molecular flexibility index (Phi) is 5.42. The molecular weight excluding hydrogens is 542 g/mol. The van der Waals surface area contributed by atoms with Crippen molar-refractivity contribution in [1.29, 1.82) is 5.26 Å². The molecule has 6 rings (SSSR count). The zero-order chi connectivity index (χ0) is 27.7. The first-order chi connectivity index (χ1) is 18.4. The maximum Gasteiger partial charge on any atom is 0.573 e. The number of fused-ring (bicyclic) bond motifs is 4. The van der Waals surface area contributed by atoms with E-state index in [2.05, 4.69) is 20.0 Å². The molecule has 4 heterocycles. The minimum absolute atomic E-state index is 0.0788. The van der Waals surface area contributed by atoms with E-state index in [1.54, 1.807) is 16.7 Å². The summed E-state index contributed by atoms with van der Waals surface area (Å²) < 4.78 is 83.0. The molecule has 0 bridgehead atoms. The standard InChI is InChI=1S/C25H15F4N5O4S/c26-25(27,28)38-21-6-18-20(5-17(21)13-4-15(11-31-8-13)39(29,36)37)34(14-9-32-10-14)24-22(23(18)35)16-2-1-12(7-30)3-19(16)33-24/h1-6,8,11,14,32-33H,9-10H2. The topological polar surface area (TPSA) is 130 Å². The number of nitrogens with zero attached hydrogens (tertiary/aromatic N) is 3. The summed E-state index contributed by atoms with van der Waals surface area (Å²) in [5.74, 6) is -0.786. The summed E-state index contributed by atoms with van der Waals surface area (Å²) in [6.07, 6.45) is -3.36. The number of ether oxygens (including phenoxy) is 1. The molecule has 14 heteroatoms. The molecular formula is C25H15F4N5O4S. The Bertz CT molecular complexity index is 2040. The van der Waals surface area contributed by atoms with Crippen LogP contribution in [0.15, 0.2) is 58.5 Å². The molecule has 198 valence electrons. The smallest absolute Gasteiger partial charge is 0.405 e. The highest BCUT2D eigenvalue weighted by atomic mass is 32.3. The fraction of sp³-hybridized carbons (Fsp3) is 0.160. The molecule has 0 aliphatic carbocycles. The van der Waals surface area contributed by atoms with Crippen molar-refractivity contribution in [2.45, 2.75) is 17.3 Å². The lowest BCUT2D eigenvalue weighted by molar-refractivity contribution is -0.274. The summed E-state index contributed by atoms with van der Waals surface area (Å²) in [6.45, 7) is 0.998. The van der Waals surface area contributed by atoms with E-state index in [-0.39, 0.29) is 33.5 Å². The van der Waals surface area contributed by atoms with Gasteiger partial charge in [-0.25, -0.2) is 0 Å². The molecule has 0 spiro atoms. The zero-order valence-electron chi connectivity index (χ0n) is 19.5. The van der Waals surface area contributed by atoms with E-state index in [1.807, 2.05) is 6.07 Å². The minimum atomic E-state index is -5.21. The van der Waals surface area contributed by atoms with Crippen molar-refractivity contribution in [3.63, 3.8) is 0 Å². The second-order valence-electron chi connectivity index (χ2n) is 8.99. The van der Waals surface area contributed by atoms with Gasteiger partial charge in [0.15, 0.2) is 5.43 Å². The molecule has 1 saturated heterocycles. The van der Waals surface area contributed by atoms with Crippen molar-refractivity contribution in [3.8, 4) is 22.9 Å². The van der Waals surface area contributed by atoms with Crippen molar-refractivity contribution < 1.29 is 30.2 Å². The van der Waals surface area contributed by atoms with E-state index in [0.29, 0.717) is 35.2 Å². The van der Waals surface area contributed by atoms with Gasteiger partial charge in [-0.05, 0) is 30.3 Å². The van der Waals surface area contributed by atoms with Gasteiger partial charge in [0, 0.05) is 47.5 Å². The van der Waals surface area contributed by atoms with Gasteiger partial charge in [-0.2, -0.15) is 13.7 Å². The average molecular weight is 557 g/mol. The number of rotatable bonds is 4. The number of nitrogens with one attached hydrogen (secondary N) is 2. The molecule has 2 aromatic carbocycles. The average Bonchev–Trinajstić information content (AvgIpc) is 3.22. The lowest BCUT2D eigenvalue weighted by atomic mass is 10.0. The predicted octanol–water partition coefficient (Wildman–Crippen LogP) is 4.27. The van der Waals surface area contributed by atoms with Crippen LogP contribution in [-0.4, -0.2) is 42.4 Å². The van der Waals surface area contributed by atoms with Crippen LogP contribution in [0.5, 0.6) is 5.75 Å². The van der Waals surface area contributed by atoms with E-state index in [1.165, 1.54) is 12.1 Å². The molecule has 0 unspecified atom stereocenters. The molecule has 39 heavy (non-hydrogen) atoms. The Balaban J connectivity index is 1.75. The minimum Gasteiger partial charge on any atom is -0.405 e. The van der Waals surface area contributed by atoms with Crippen LogP contribution >= 0.6 is 0 Å². The van der Waals surface area contributed by atoms with E-state index < -0.39 is 32.7 Å². The number of halogens is 4. The molecule has 0 saturated carbocycles. The first-order valence-corrected chi connectivity index (χ1v) is 12.8. The summed E-state index contributed by atoms with van der Waals surface area (Å²) in [7, 11) is -5.21. The van der Waals surface area contributed by atoms with E-state index in [9.17, 15) is 35.5 Å². The molecule has 1 aliphatic heterocycles. The van der Waals surface area contributed by atoms with Gasteiger partial charge in [-0.1, -0.05) is 6.07 Å². The first-order valence-electron chi connectivity index (χ1n) is 11.4. The number of hydrogen-bond acceptors (Lipinski definition) is 7. The van der Waals surface area contributed by atoms with E-state index >= 15 is 0 Å². The van der Waals surface area contributed by atoms with Gasteiger partial charge in [0.05, 0.1) is 34.0 Å². The highest BCUT2D eigenvalue weighted by Crippen LogP contribution is 2.39. The predicted molar refractivity (Wildman–Crippen MR) is 132 cm³/mol. The molecule has 0 amide bonds. The van der Waals surface area contributed by atoms with Crippen molar-refractivity contribution in [2.75, 3.05) is 13.1 Å². The van der Waals surface area contributed by atoms with E-state index in [0.717, 1.165) is 24.5 Å². The summed E-state index contributed by atoms with van der Waals surface area (Å²) in [5, 5.41) is 13.1. The Morgan fingerprint density at radius 2 is 1.87 bits per heavy atom. The normalized spacial score (nSPS) is 14.5. The Hall–Kier alpha value is -4.48. The number of aromatic amines is 1. The number of benzene rings is 2. The van der Waals surface area contributed by atoms with Crippen LogP contribution in [0, 0.1) is 11.3 Å². The number of nitriles is 1. The highest BCUT2D eigenvalue weighted by Gasteiger charge is 2.34. The van der Waals surface area contributed by atoms with Gasteiger partial charge in [0.2, 0.25) is 0 Å². The number of pyridine rings is 2. The molecule has 2 N–H and O–H groups in total. The van der Waals surface area contributed by atoms with Crippen LogP contribution in [0.4, 0.5) is 17.1 Å². The summed E-state index contributed by atoms with van der Waals surface area (Å²) in [6, 6.07) is 9.59. The highest BCUT2D eigenvalue weighted by molar-refractivity contribution is 7.86. The lowest BCUT2D eigenvalue weighted by Gasteiger charge is -2.32. The second-order valence-corrected chi connectivity index (χ2v) is 10.3. The third kappa shape index (κ3) is 4.16. The van der Waals surface area contributed by atoms with Gasteiger partial charge in [-0.15, -0.1) is 17.1 Å². The van der Waals surface area contributed by atoms with E-state index in [4.69, 9.17) is 0 Å². The quantitative estimate of drug-likeness (QED) is 0.249. The fourth-order valence-electron chi connectivity index (χ4n) is 4.84. The molecule has 9 nitrogen and oxygen atoms in total. The maximum atomic E-state index is 13.8. The second kappa shape index (κ2) is 8.52. The lowest BCUT2D eigenvalue weighted by Crippen LogP contribution is -2.44. The van der Waals surface area contributed by atoms with Crippen LogP contribution in [-0.2, 0) is 10.2 Å². The summed E-state index contributed by atoms with van der Waals surface area (Å²) in [5.41, 5.74) is 0.491. The number of aromatic nitrogens is 3. The molecule has 3 aromatic heterocycles. The largest absolute Gasteiger partial charge is 0.573 e. The van der Waals surface area contributed by atoms with Gasteiger partial charge in [0.1, 0.15) is 16.3 Å². The molecule has 1 fully saturated rings. The van der Waals surface area contributed by atoms with Crippen LogP contribution < -0.4 is 15.5 Å². The van der Waals surface area contributed by atoms with Crippen LogP contribution in [0.25, 0.3) is 44.0 Å². The van der Waals surface area contributed by atoms with Crippen LogP contribution in [0.1, 0.15) is 11.6 Å². The third-order valence-electron chi connectivity index (χ3n) is 6.63. The van der Waals surface area contributed by atoms with Crippen LogP contribution in [0.3, 0.4) is 0 Å². The zero-order valence-corrected chi connectivity index (χ0v) is 20.3. The van der Waals surface area contributed by atoms with Crippen LogP contribution in [0.2, 0.25) is 0 Å². The fourth-order valence-corrected chi connectivity index (χ4v) is 5.29. The SMILES string of the molecule is N#Cc1ccc2c(c1)[nH]c1c2c(=O)c2cc(OC(F)(F)F)c(-c3cncc(S(=O)(=O)F)c3)cc2n1C1CNC1.